The molecule has 11 nitrogen and oxygen atoms in total. The molecule has 3 saturated heterocycles. The second-order valence-corrected chi connectivity index (χ2v) is 11.8. The van der Waals surface area contributed by atoms with Crippen LogP contribution in [-0.2, 0) is 24.4 Å². The summed E-state index contributed by atoms with van der Waals surface area (Å²) in [5.74, 6) is -1.07. The summed E-state index contributed by atoms with van der Waals surface area (Å²) in [6.45, 7) is 6.52. The highest BCUT2D eigenvalue weighted by Gasteiger charge is 2.54. The van der Waals surface area contributed by atoms with E-state index < -0.39 is 28.0 Å². The third-order valence-electron chi connectivity index (χ3n) is 7.01. The van der Waals surface area contributed by atoms with Crippen molar-refractivity contribution in [2.45, 2.75) is 50.1 Å². The first-order chi connectivity index (χ1) is 16.6. The van der Waals surface area contributed by atoms with E-state index in [9.17, 15) is 28.0 Å². The van der Waals surface area contributed by atoms with E-state index in [4.69, 9.17) is 0 Å². The summed E-state index contributed by atoms with van der Waals surface area (Å²) in [5.41, 5.74) is 0. The zero-order valence-electron chi connectivity index (χ0n) is 20.1. The van der Waals surface area contributed by atoms with E-state index >= 15 is 0 Å². The molecule has 35 heavy (non-hydrogen) atoms. The van der Waals surface area contributed by atoms with Gasteiger partial charge in [-0.25, -0.2) is 8.42 Å². The number of aromatic nitrogens is 1. The number of piperazine rings is 1. The molecule has 0 bridgehead atoms. The number of carbonyl (C=O) groups is 3. The van der Waals surface area contributed by atoms with Gasteiger partial charge in [-0.3, -0.25) is 14.4 Å². The second kappa shape index (κ2) is 10.2. The van der Waals surface area contributed by atoms with E-state index in [1.54, 1.807) is 4.90 Å². The number of hydrogen-bond donors (Lipinski definition) is 1. The van der Waals surface area contributed by atoms with Crippen LogP contribution in [-0.4, -0.2) is 91.5 Å². The number of nitrogens with zero attached hydrogens (tertiary/aromatic N) is 4. The molecule has 192 valence electrons. The fourth-order valence-electron chi connectivity index (χ4n) is 5.39. The molecule has 4 rings (SSSR count). The molecule has 1 aromatic rings. The van der Waals surface area contributed by atoms with Gasteiger partial charge in [0.2, 0.25) is 21.8 Å². The van der Waals surface area contributed by atoms with Gasteiger partial charge in [-0.2, -0.15) is 9.04 Å². The number of likely N-dealkylation sites (tertiary alicyclic amines) is 1. The van der Waals surface area contributed by atoms with Crippen LogP contribution in [0, 0.1) is 17.0 Å². The Labute approximate surface area is 205 Å². The van der Waals surface area contributed by atoms with Gasteiger partial charge in [-0.15, -0.1) is 0 Å². The normalized spacial score (nSPS) is 24.1. The summed E-state index contributed by atoms with van der Waals surface area (Å²) in [7, 11) is -4.08. The van der Waals surface area contributed by atoms with Gasteiger partial charge in [-0.1, -0.05) is 13.8 Å². The summed E-state index contributed by atoms with van der Waals surface area (Å²) in [5, 5.41) is 14.8. The van der Waals surface area contributed by atoms with Gasteiger partial charge in [0.15, 0.2) is 18.2 Å². The molecule has 3 fully saturated rings. The number of pyridine rings is 1. The molecule has 0 aliphatic carbocycles. The topological polar surface area (TPSA) is 134 Å². The highest BCUT2D eigenvalue weighted by Crippen LogP contribution is 2.35. The van der Waals surface area contributed by atoms with Crippen molar-refractivity contribution in [2.75, 3.05) is 39.3 Å². The maximum atomic E-state index is 13.6. The molecule has 0 radical (unpaired) electrons. The zero-order chi connectivity index (χ0) is 25.3. The highest BCUT2D eigenvalue weighted by molar-refractivity contribution is 7.89. The van der Waals surface area contributed by atoms with Crippen LogP contribution in [0.5, 0.6) is 0 Å². The second-order valence-electron chi connectivity index (χ2n) is 9.91. The number of ketones is 1. The predicted octanol–water partition coefficient (Wildman–Crippen LogP) is -0.653. The number of hydrogen-bond acceptors (Lipinski definition) is 7. The molecule has 1 N–H and O–H groups in total. The number of rotatable bonds is 7. The standard InChI is InChI=1S/C23H33N5O6S/c1-16(2)12-17(13-21(30)25-10-6-24-7-11-25)23(31)27-9-5-19-22(27)20(29)15-28(19)35(33,34)18-4-3-8-26(32)14-18/h3-4,8,14,16-17,19,22,24H,5-7,9-13,15H2,1-2H3. The molecule has 3 aliphatic heterocycles. The molecular formula is C23H33N5O6S. The van der Waals surface area contributed by atoms with Crippen molar-refractivity contribution in [2.24, 2.45) is 11.8 Å². The smallest absolute Gasteiger partial charge is 0.249 e. The number of nitrogens with one attached hydrogen (secondary N) is 1. The van der Waals surface area contributed by atoms with Crippen LogP contribution < -0.4 is 10.0 Å². The van der Waals surface area contributed by atoms with Crippen molar-refractivity contribution in [3.63, 3.8) is 0 Å². The van der Waals surface area contributed by atoms with Crippen molar-refractivity contribution in [1.82, 2.24) is 19.4 Å². The molecule has 4 heterocycles. The quantitative estimate of drug-likeness (QED) is 0.383. The first kappa shape index (κ1) is 25.5. The van der Waals surface area contributed by atoms with E-state index in [1.807, 2.05) is 13.8 Å². The van der Waals surface area contributed by atoms with E-state index in [0.29, 0.717) is 30.7 Å². The van der Waals surface area contributed by atoms with Crippen LogP contribution >= 0.6 is 0 Å². The Morgan fingerprint density at radius 3 is 2.60 bits per heavy atom. The fraction of sp³-hybridized carbons (Fsp3) is 0.652. The number of fused-ring (bicyclic) bond motifs is 1. The highest BCUT2D eigenvalue weighted by atomic mass is 32.2. The van der Waals surface area contributed by atoms with Crippen LogP contribution in [0.1, 0.15) is 33.1 Å². The zero-order valence-corrected chi connectivity index (χ0v) is 20.9. The summed E-state index contributed by atoms with van der Waals surface area (Å²) >= 11 is 0. The minimum Gasteiger partial charge on any atom is -0.619 e. The van der Waals surface area contributed by atoms with Gasteiger partial charge < -0.3 is 20.3 Å². The minimum absolute atomic E-state index is 0.0711. The van der Waals surface area contributed by atoms with Gasteiger partial charge in [0, 0.05) is 51.1 Å². The summed E-state index contributed by atoms with van der Waals surface area (Å²) in [4.78, 5) is 42.6. The van der Waals surface area contributed by atoms with Crippen LogP contribution in [0.25, 0.3) is 0 Å². The monoisotopic (exact) mass is 507 g/mol. The van der Waals surface area contributed by atoms with Crippen LogP contribution in [0.2, 0.25) is 0 Å². The fourth-order valence-corrected chi connectivity index (χ4v) is 7.02. The molecule has 2 amide bonds. The number of amides is 2. The number of Topliss-reactive ketones (excluding diaryl/α,β-unsaturated/α-hetero) is 1. The van der Waals surface area contributed by atoms with Gasteiger partial charge >= 0.3 is 0 Å². The van der Waals surface area contributed by atoms with Crippen molar-refractivity contribution in [1.29, 1.82) is 0 Å². The molecular weight excluding hydrogens is 474 g/mol. The van der Waals surface area contributed by atoms with Crippen molar-refractivity contribution in [3.05, 3.63) is 29.7 Å². The van der Waals surface area contributed by atoms with E-state index in [0.717, 1.165) is 23.6 Å². The van der Waals surface area contributed by atoms with Gasteiger partial charge in [0.05, 0.1) is 12.6 Å². The van der Waals surface area contributed by atoms with Crippen LogP contribution in [0.15, 0.2) is 29.4 Å². The molecule has 3 aliphatic rings. The molecule has 0 spiro atoms. The molecule has 0 aromatic carbocycles. The molecule has 3 unspecified atom stereocenters. The third kappa shape index (κ3) is 5.19. The van der Waals surface area contributed by atoms with Gasteiger partial charge in [0.25, 0.3) is 0 Å². The maximum Gasteiger partial charge on any atom is 0.249 e. The van der Waals surface area contributed by atoms with E-state index in [-0.39, 0.29) is 47.9 Å². The Morgan fingerprint density at radius 1 is 1.23 bits per heavy atom. The first-order valence-electron chi connectivity index (χ1n) is 12.1. The predicted molar refractivity (Wildman–Crippen MR) is 125 cm³/mol. The molecule has 3 atom stereocenters. The minimum atomic E-state index is -4.08. The Morgan fingerprint density at radius 2 is 1.94 bits per heavy atom. The number of sulfonamides is 1. The third-order valence-corrected chi connectivity index (χ3v) is 8.87. The first-order valence-corrected chi connectivity index (χ1v) is 13.6. The lowest BCUT2D eigenvalue weighted by atomic mass is 9.91. The lowest BCUT2D eigenvalue weighted by Gasteiger charge is -2.31. The van der Waals surface area contributed by atoms with Gasteiger partial charge in [0.1, 0.15) is 10.9 Å². The van der Waals surface area contributed by atoms with Crippen LogP contribution in [0.4, 0.5) is 0 Å². The lowest BCUT2D eigenvalue weighted by molar-refractivity contribution is -0.607. The summed E-state index contributed by atoms with van der Waals surface area (Å²) in [6, 6.07) is 1.11. The summed E-state index contributed by atoms with van der Waals surface area (Å²) < 4.78 is 27.9. The Kier molecular flexibility index (Phi) is 7.43. The van der Waals surface area contributed by atoms with Crippen molar-refractivity contribution < 1.29 is 27.5 Å². The van der Waals surface area contributed by atoms with Crippen molar-refractivity contribution in [3.8, 4) is 0 Å². The molecule has 1 aromatic heterocycles. The van der Waals surface area contributed by atoms with E-state index in [2.05, 4.69) is 5.32 Å². The van der Waals surface area contributed by atoms with Gasteiger partial charge in [-0.05, 0) is 24.8 Å². The average molecular weight is 508 g/mol. The van der Waals surface area contributed by atoms with Crippen molar-refractivity contribution >= 4 is 27.6 Å². The van der Waals surface area contributed by atoms with E-state index in [1.165, 1.54) is 23.2 Å². The maximum absolute atomic E-state index is 13.6. The Hall–Kier alpha value is -2.57. The molecule has 0 saturated carbocycles. The largest absolute Gasteiger partial charge is 0.619 e. The SMILES string of the molecule is CC(C)CC(CC(=O)N1CCNCC1)C(=O)N1CCC2C1C(=O)CN2S(=O)(=O)c1ccc[n+]([O-])c1. The molecule has 12 heteroatoms. The average Bonchev–Trinajstić information content (AvgIpc) is 3.40. The Balaban J connectivity index is 1.52. The lowest BCUT2D eigenvalue weighted by Crippen LogP contribution is -2.49. The van der Waals surface area contributed by atoms with Crippen LogP contribution in [0.3, 0.4) is 0 Å². The number of carbonyl (C=O) groups excluding carboxylic acids is 3. The Bertz CT molecular complexity index is 1090. The summed E-state index contributed by atoms with van der Waals surface area (Å²) in [6.07, 6.45) is 3.06.